The van der Waals surface area contributed by atoms with Crippen molar-refractivity contribution in [2.75, 3.05) is 0 Å². The van der Waals surface area contributed by atoms with E-state index in [2.05, 4.69) is 0 Å². The minimum atomic E-state index is -1.26. The van der Waals surface area contributed by atoms with Crippen molar-refractivity contribution in [3.63, 3.8) is 0 Å². The molecule has 2 aromatic rings. The van der Waals surface area contributed by atoms with Gasteiger partial charge >= 0.3 is 11.9 Å². The Hall–Kier alpha value is -4.32. The van der Waals surface area contributed by atoms with Crippen molar-refractivity contribution in [1.82, 2.24) is 0 Å². The second-order valence-electron chi connectivity index (χ2n) is 6.88. The van der Waals surface area contributed by atoms with Crippen LogP contribution in [0.2, 0.25) is 0 Å². The van der Waals surface area contributed by atoms with Crippen LogP contribution in [0.25, 0.3) is 0 Å². The van der Waals surface area contributed by atoms with Gasteiger partial charge in [0.1, 0.15) is 0 Å². The molecule has 16 nitrogen and oxygen atoms in total. The predicted molar refractivity (Wildman–Crippen MR) is 123 cm³/mol. The highest BCUT2D eigenvalue weighted by atomic mass is 33.1. The molecule has 0 spiro atoms. The number of rotatable bonds is 13. The summed E-state index contributed by atoms with van der Waals surface area (Å²) in [6.45, 7) is 0. The van der Waals surface area contributed by atoms with Crippen LogP contribution in [0.5, 0.6) is 0 Å². The smallest absolute Gasteiger partial charge is 0.303 e. The molecule has 0 aliphatic rings. The second kappa shape index (κ2) is 11.9. The van der Waals surface area contributed by atoms with Gasteiger partial charge in [-0.1, -0.05) is 0 Å². The molecule has 2 N–H and O–H groups in total. The maximum Gasteiger partial charge on any atom is 0.303 e. The number of nitrogens with zero attached hydrogens (tertiary/aromatic N) is 4. The summed E-state index contributed by atoms with van der Waals surface area (Å²) in [6.07, 6.45) is -1.65. The number of hydrogen-bond donors (Lipinski definition) is 2. The summed E-state index contributed by atoms with van der Waals surface area (Å²) in [6, 6.07) is 3.39. The molecule has 0 heterocycles. The second-order valence-corrected chi connectivity index (χ2v) is 9.09. The molecular formula is C18H14N4O12S2. The molecule has 36 heavy (non-hydrogen) atoms. The minimum Gasteiger partial charge on any atom is -0.481 e. The third kappa shape index (κ3) is 7.09. The lowest BCUT2D eigenvalue weighted by Gasteiger charge is -2.09. The lowest BCUT2D eigenvalue weighted by molar-refractivity contribution is -0.396. The van der Waals surface area contributed by atoms with Gasteiger partial charge in [0.2, 0.25) is 0 Å². The first-order valence-corrected chi connectivity index (χ1v) is 11.7. The summed E-state index contributed by atoms with van der Waals surface area (Å²) in [7, 11) is 1.18. The van der Waals surface area contributed by atoms with Gasteiger partial charge in [-0.05, 0) is 46.6 Å². The molecule has 2 aromatic carbocycles. The van der Waals surface area contributed by atoms with Crippen LogP contribution in [0, 0.1) is 40.5 Å². The number of hydrogen-bond acceptors (Lipinski definition) is 12. The average Bonchev–Trinajstić information content (AvgIpc) is 2.78. The van der Waals surface area contributed by atoms with E-state index in [1.165, 1.54) is 0 Å². The van der Waals surface area contributed by atoms with E-state index in [9.17, 15) is 50.0 Å². The molecule has 18 heteroatoms. The van der Waals surface area contributed by atoms with E-state index in [1.54, 1.807) is 0 Å². The van der Waals surface area contributed by atoms with E-state index in [1.807, 2.05) is 0 Å². The Morgan fingerprint density at radius 1 is 0.611 bits per heavy atom. The van der Waals surface area contributed by atoms with Gasteiger partial charge in [-0.25, -0.2) is 0 Å². The summed E-state index contributed by atoms with van der Waals surface area (Å²) in [5.74, 6) is -2.52. The van der Waals surface area contributed by atoms with E-state index >= 15 is 0 Å². The highest BCUT2D eigenvalue weighted by Crippen LogP contribution is 2.47. The van der Waals surface area contributed by atoms with Crippen LogP contribution in [0.3, 0.4) is 0 Å². The summed E-state index contributed by atoms with van der Waals surface area (Å²) in [5.41, 5.74) is -3.00. The van der Waals surface area contributed by atoms with Crippen molar-refractivity contribution in [2.24, 2.45) is 0 Å². The first-order valence-electron chi connectivity index (χ1n) is 9.51. The SMILES string of the molecule is O=C(O)CCc1cc(SSc2cc(CCC(=O)O)c([N+](=O)[O-])cc2[N+](=O)[O-])c([N+](=O)[O-])cc1[N+](=O)[O-]. The van der Waals surface area contributed by atoms with Gasteiger partial charge in [-0.15, -0.1) is 0 Å². The van der Waals surface area contributed by atoms with Gasteiger partial charge < -0.3 is 10.2 Å². The van der Waals surface area contributed by atoms with E-state index in [0.29, 0.717) is 33.7 Å². The lowest BCUT2D eigenvalue weighted by Crippen LogP contribution is -2.03. The van der Waals surface area contributed by atoms with Gasteiger partial charge in [0, 0.05) is 24.0 Å². The van der Waals surface area contributed by atoms with Crippen molar-refractivity contribution in [3.05, 3.63) is 75.8 Å². The summed E-state index contributed by atoms with van der Waals surface area (Å²) >= 11 is 0. The standard InChI is InChI=1S/C18H14N4O12S2/c23-17(24)3-1-9-5-15(13(21(31)32)7-11(9)19(27)28)35-36-16-6-10(2-4-18(25)26)12(20(29)30)8-14(16)22(33)34/h5-8H,1-4H2,(H,23,24)(H,25,26). The zero-order valence-electron chi connectivity index (χ0n) is 17.7. The summed E-state index contributed by atoms with van der Waals surface area (Å²) in [5, 5.41) is 63.5. The molecule has 0 saturated carbocycles. The van der Waals surface area contributed by atoms with Gasteiger partial charge in [0.05, 0.1) is 41.6 Å². The average molecular weight is 542 g/mol. The number of nitro benzene ring substituents is 4. The quantitative estimate of drug-likeness (QED) is 0.205. The van der Waals surface area contributed by atoms with Crippen LogP contribution >= 0.6 is 21.6 Å². The molecule has 190 valence electrons. The maximum atomic E-state index is 11.5. The Morgan fingerprint density at radius 2 is 0.917 bits per heavy atom. The Morgan fingerprint density at radius 3 is 1.17 bits per heavy atom. The molecule has 0 unspecified atom stereocenters. The molecule has 0 aromatic heterocycles. The van der Waals surface area contributed by atoms with Crippen LogP contribution in [0.15, 0.2) is 34.1 Å². The van der Waals surface area contributed by atoms with Crippen molar-refractivity contribution < 1.29 is 39.5 Å². The van der Waals surface area contributed by atoms with Crippen molar-refractivity contribution in [1.29, 1.82) is 0 Å². The van der Waals surface area contributed by atoms with Gasteiger partial charge in [-0.2, -0.15) is 0 Å². The molecule has 0 saturated heterocycles. The van der Waals surface area contributed by atoms with Crippen LogP contribution in [0.4, 0.5) is 22.7 Å². The molecule has 0 radical (unpaired) electrons. The normalized spacial score (nSPS) is 10.6. The minimum absolute atomic E-state index is 0.114. The van der Waals surface area contributed by atoms with E-state index < -0.39 is 67.2 Å². The van der Waals surface area contributed by atoms with E-state index in [4.69, 9.17) is 10.2 Å². The molecule has 0 atom stereocenters. The number of nitro groups is 4. The van der Waals surface area contributed by atoms with Gasteiger partial charge in [0.25, 0.3) is 22.7 Å². The maximum absolute atomic E-state index is 11.5. The van der Waals surface area contributed by atoms with Crippen molar-refractivity contribution >= 4 is 56.3 Å². The Labute approximate surface area is 207 Å². The number of carboxylic acids is 2. The topological polar surface area (TPSA) is 247 Å². The third-order valence-electron chi connectivity index (χ3n) is 4.54. The third-order valence-corrected chi connectivity index (χ3v) is 6.97. The Balaban J connectivity index is 2.56. The highest BCUT2D eigenvalue weighted by Gasteiger charge is 2.28. The molecule has 0 bridgehead atoms. The zero-order chi connectivity index (χ0) is 27.2. The van der Waals surface area contributed by atoms with Crippen molar-refractivity contribution in [2.45, 2.75) is 35.5 Å². The molecule has 0 amide bonds. The predicted octanol–water partition coefficient (Wildman–Crippen LogP) is 4.15. The summed E-state index contributed by atoms with van der Waals surface area (Å²) < 4.78 is 0. The fraction of sp³-hybridized carbons (Fsp3) is 0.222. The van der Waals surface area contributed by atoms with E-state index in [-0.39, 0.29) is 33.8 Å². The fourth-order valence-electron chi connectivity index (χ4n) is 2.93. The lowest BCUT2D eigenvalue weighted by atomic mass is 10.1. The molecule has 0 fully saturated rings. The number of aliphatic carboxylic acids is 2. The molecular weight excluding hydrogens is 528 g/mol. The van der Waals surface area contributed by atoms with Crippen LogP contribution < -0.4 is 0 Å². The molecule has 0 aliphatic heterocycles. The first-order chi connectivity index (χ1) is 16.8. The van der Waals surface area contributed by atoms with Crippen LogP contribution in [-0.4, -0.2) is 41.8 Å². The largest absolute Gasteiger partial charge is 0.481 e. The fourth-order valence-corrected chi connectivity index (χ4v) is 5.27. The van der Waals surface area contributed by atoms with Gasteiger partial charge in [-0.3, -0.25) is 50.0 Å². The highest BCUT2D eigenvalue weighted by molar-refractivity contribution is 8.76. The monoisotopic (exact) mass is 542 g/mol. The number of carbonyl (C=O) groups is 2. The Kier molecular flexibility index (Phi) is 9.22. The van der Waals surface area contributed by atoms with E-state index in [0.717, 1.165) is 12.1 Å². The van der Waals surface area contributed by atoms with Crippen LogP contribution in [-0.2, 0) is 22.4 Å². The zero-order valence-corrected chi connectivity index (χ0v) is 19.4. The summed E-state index contributed by atoms with van der Waals surface area (Å²) in [4.78, 5) is 63.5. The molecule has 2 rings (SSSR count). The number of carboxylic acid groups (broad SMARTS) is 2. The number of aryl methyl sites for hydroxylation is 2. The number of benzene rings is 2. The van der Waals surface area contributed by atoms with Crippen LogP contribution in [0.1, 0.15) is 24.0 Å². The van der Waals surface area contributed by atoms with Gasteiger partial charge in [0.15, 0.2) is 0 Å². The first kappa shape index (κ1) is 27.9. The Bertz CT molecular complexity index is 1190. The van der Waals surface area contributed by atoms with Crippen molar-refractivity contribution in [3.8, 4) is 0 Å². The molecule has 0 aliphatic carbocycles.